The van der Waals surface area contributed by atoms with Gasteiger partial charge in [-0.2, -0.15) is 4.98 Å². The second-order valence-electron chi connectivity index (χ2n) is 6.81. The molecule has 0 saturated carbocycles. The van der Waals surface area contributed by atoms with E-state index in [0.717, 1.165) is 11.8 Å². The lowest BCUT2D eigenvalue weighted by atomic mass is 10.0. The van der Waals surface area contributed by atoms with Gasteiger partial charge in [0.05, 0.1) is 18.2 Å². The van der Waals surface area contributed by atoms with Gasteiger partial charge in [0.1, 0.15) is 5.82 Å². The van der Waals surface area contributed by atoms with Crippen molar-refractivity contribution in [1.29, 1.82) is 0 Å². The van der Waals surface area contributed by atoms with Crippen LogP contribution in [-0.4, -0.2) is 24.2 Å². The Balaban J connectivity index is 1.76. The van der Waals surface area contributed by atoms with Crippen LogP contribution >= 0.6 is 11.3 Å². The van der Waals surface area contributed by atoms with Crippen molar-refractivity contribution < 1.29 is 9.50 Å². The molecule has 0 atom stereocenters. The highest BCUT2D eigenvalue weighted by atomic mass is 32.1. The summed E-state index contributed by atoms with van der Waals surface area (Å²) in [6.07, 6.45) is 1.60. The van der Waals surface area contributed by atoms with Crippen molar-refractivity contribution in [1.82, 2.24) is 19.1 Å². The lowest BCUT2D eigenvalue weighted by Gasteiger charge is -2.12. The highest BCUT2D eigenvalue weighted by Crippen LogP contribution is 2.24. The summed E-state index contributed by atoms with van der Waals surface area (Å²) >= 11 is 1.30. The summed E-state index contributed by atoms with van der Waals surface area (Å²) in [6, 6.07) is 8.71. The van der Waals surface area contributed by atoms with Crippen LogP contribution in [0.25, 0.3) is 22.0 Å². The molecule has 0 amide bonds. The van der Waals surface area contributed by atoms with Gasteiger partial charge in [-0.15, -0.1) is 11.3 Å². The van der Waals surface area contributed by atoms with Gasteiger partial charge < -0.3 is 9.67 Å². The van der Waals surface area contributed by atoms with Crippen LogP contribution in [0.2, 0.25) is 0 Å². The maximum absolute atomic E-state index is 14.8. The molecule has 0 radical (unpaired) electrons. The monoisotopic (exact) mass is 424 g/mol. The number of hydrogen-bond donors (Lipinski definition) is 1. The summed E-state index contributed by atoms with van der Waals surface area (Å²) in [6.45, 7) is 1.84. The number of benzene rings is 1. The summed E-state index contributed by atoms with van der Waals surface area (Å²) in [5.41, 5.74) is 0.932. The van der Waals surface area contributed by atoms with Crippen molar-refractivity contribution in [2.45, 2.75) is 13.5 Å². The van der Waals surface area contributed by atoms with E-state index < -0.39 is 17.3 Å². The molecule has 0 aliphatic rings. The topological polar surface area (TPSA) is 90.0 Å². The number of aromatic nitrogens is 4. The largest absolute Gasteiger partial charge is 0.493 e. The predicted molar refractivity (Wildman–Crippen MR) is 112 cm³/mol. The number of rotatable bonds is 4. The Labute approximate surface area is 174 Å². The fraction of sp³-hybridized carbons (Fsp3) is 0.143. The molecule has 0 saturated heterocycles. The number of aryl methyl sites for hydroxylation is 2. The molecule has 0 bridgehead atoms. The standard InChI is InChI=1S/C21H17FN4O3S/c1-12-11-30-20(23-12)19-24-17(27)9-18(28)26(19)10-13-5-6-14(16(22)8-13)15-4-3-7-25(2)21(15)29/h3-9,11,27H,10H2,1-2H3. The van der Waals surface area contributed by atoms with Crippen LogP contribution in [0.1, 0.15) is 11.3 Å². The molecule has 1 aromatic carbocycles. The van der Waals surface area contributed by atoms with E-state index in [1.165, 1.54) is 32.6 Å². The van der Waals surface area contributed by atoms with E-state index in [1.807, 2.05) is 12.3 Å². The fourth-order valence-corrected chi connectivity index (χ4v) is 3.92. The molecule has 3 aromatic heterocycles. The zero-order valence-electron chi connectivity index (χ0n) is 16.2. The molecule has 0 aliphatic carbocycles. The van der Waals surface area contributed by atoms with Crippen molar-refractivity contribution in [3.05, 3.63) is 85.8 Å². The van der Waals surface area contributed by atoms with Gasteiger partial charge in [0.25, 0.3) is 11.1 Å². The molecule has 3 heterocycles. The molecule has 4 aromatic rings. The maximum atomic E-state index is 14.8. The van der Waals surface area contributed by atoms with E-state index in [1.54, 1.807) is 31.4 Å². The highest BCUT2D eigenvalue weighted by Gasteiger charge is 2.16. The molecule has 30 heavy (non-hydrogen) atoms. The third-order valence-electron chi connectivity index (χ3n) is 4.59. The first-order valence-corrected chi connectivity index (χ1v) is 9.89. The molecular weight excluding hydrogens is 407 g/mol. The average molecular weight is 424 g/mol. The molecular formula is C21H17FN4O3S. The quantitative estimate of drug-likeness (QED) is 0.544. The van der Waals surface area contributed by atoms with Gasteiger partial charge in [-0.25, -0.2) is 9.37 Å². The van der Waals surface area contributed by atoms with Gasteiger partial charge in [-0.05, 0) is 30.7 Å². The van der Waals surface area contributed by atoms with Gasteiger partial charge in [0.2, 0.25) is 5.88 Å². The second kappa shape index (κ2) is 7.68. The van der Waals surface area contributed by atoms with E-state index in [2.05, 4.69) is 9.97 Å². The van der Waals surface area contributed by atoms with Crippen molar-refractivity contribution in [3.8, 4) is 27.8 Å². The minimum absolute atomic E-state index is 0.0318. The Kier molecular flexibility index (Phi) is 5.04. The first-order valence-electron chi connectivity index (χ1n) is 9.01. The summed E-state index contributed by atoms with van der Waals surface area (Å²) in [5.74, 6) is -0.762. The molecule has 0 unspecified atom stereocenters. The van der Waals surface area contributed by atoms with Crippen LogP contribution in [0.3, 0.4) is 0 Å². The molecule has 7 nitrogen and oxygen atoms in total. The lowest BCUT2D eigenvalue weighted by molar-refractivity contribution is 0.448. The lowest BCUT2D eigenvalue weighted by Crippen LogP contribution is -2.23. The molecule has 0 spiro atoms. The maximum Gasteiger partial charge on any atom is 0.258 e. The summed E-state index contributed by atoms with van der Waals surface area (Å²) in [5, 5.41) is 12.1. The number of pyridine rings is 1. The molecule has 1 N–H and O–H groups in total. The van der Waals surface area contributed by atoms with Gasteiger partial charge in [0, 0.05) is 29.9 Å². The number of nitrogens with zero attached hydrogens (tertiary/aromatic N) is 4. The van der Waals surface area contributed by atoms with Crippen LogP contribution < -0.4 is 11.1 Å². The van der Waals surface area contributed by atoms with Crippen LogP contribution in [0.5, 0.6) is 5.88 Å². The van der Waals surface area contributed by atoms with Crippen molar-refractivity contribution >= 4 is 11.3 Å². The SMILES string of the molecule is Cc1csc(-c2nc(O)cc(=O)n2Cc2ccc(-c3cccn(C)c3=O)c(F)c2)n1. The molecule has 152 valence electrons. The Morgan fingerprint density at radius 2 is 1.93 bits per heavy atom. The first kappa shape index (κ1) is 19.7. The second-order valence-corrected chi connectivity index (χ2v) is 7.67. The van der Waals surface area contributed by atoms with Crippen LogP contribution in [0.4, 0.5) is 4.39 Å². The predicted octanol–water partition coefficient (Wildman–Crippen LogP) is 2.93. The summed E-state index contributed by atoms with van der Waals surface area (Å²) in [7, 11) is 1.60. The fourth-order valence-electron chi connectivity index (χ4n) is 3.13. The van der Waals surface area contributed by atoms with Crippen molar-refractivity contribution in [2.24, 2.45) is 7.05 Å². The van der Waals surface area contributed by atoms with E-state index in [9.17, 15) is 19.1 Å². The summed E-state index contributed by atoms with van der Waals surface area (Å²) in [4.78, 5) is 33.2. The molecule has 0 fully saturated rings. The Hall–Kier alpha value is -3.59. The number of hydrogen-bond acceptors (Lipinski definition) is 6. The van der Waals surface area contributed by atoms with Gasteiger partial charge in [0.15, 0.2) is 10.8 Å². The third-order valence-corrected chi connectivity index (χ3v) is 5.55. The zero-order chi connectivity index (χ0) is 21.4. The normalized spacial score (nSPS) is 11.0. The van der Waals surface area contributed by atoms with E-state index in [0.29, 0.717) is 10.6 Å². The van der Waals surface area contributed by atoms with E-state index >= 15 is 0 Å². The third kappa shape index (κ3) is 3.67. The Morgan fingerprint density at radius 1 is 1.13 bits per heavy atom. The molecule has 0 aliphatic heterocycles. The number of thiazole rings is 1. The van der Waals surface area contributed by atoms with Gasteiger partial charge in [-0.3, -0.25) is 14.2 Å². The van der Waals surface area contributed by atoms with E-state index in [-0.39, 0.29) is 29.1 Å². The Morgan fingerprint density at radius 3 is 2.63 bits per heavy atom. The van der Waals surface area contributed by atoms with Crippen LogP contribution in [0.15, 0.2) is 57.6 Å². The van der Waals surface area contributed by atoms with Crippen LogP contribution in [0, 0.1) is 12.7 Å². The average Bonchev–Trinajstić information content (AvgIpc) is 3.13. The van der Waals surface area contributed by atoms with Crippen molar-refractivity contribution in [2.75, 3.05) is 0 Å². The number of halogens is 1. The minimum Gasteiger partial charge on any atom is -0.493 e. The molecule has 9 heteroatoms. The Bertz CT molecular complexity index is 1370. The smallest absolute Gasteiger partial charge is 0.258 e. The van der Waals surface area contributed by atoms with E-state index in [4.69, 9.17) is 0 Å². The highest BCUT2D eigenvalue weighted by molar-refractivity contribution is 7.13. The zero-order valence-corrected chi connectivity index (χ0v) is 17.0. The van der Waals surface area contributed by atoms with Gasteiger partial charge >= 0.3 is 0 Å². The van der Waals surface area contributed by atoms with Crippen molar-refractivity contribution in [3.63, 3.8) is 0 Å². The molecule has 4 rings (SSSR count). The minimum atomic E-state index is -0.567. The number of aromatic hydroxyl groups is 1. The van der Waals surface area contributed by atoms with Gasteiger partial charge in [-0.1, -0.05) is 12.1 Å². The van der Waals surface area contributed by atoms with Crippen LogP contribution in [-0.2, 0) is 13.6 Å². The summed E-state index contributed by atoms with van der Waals surface area (Å²) < 4.78 is 17.5. The first-order chi connectivity index (χ1) is 14.3.